The average molecular weight is 435 g/mol. The van der Waals surface area contributed by atoms with Crippen LogP contribution >= 0.6 is 15.9 Å². The number of halogens is 3. The van der Waals surface area contributed by atoms with Gasteiger partial charge in [0, 0.05) is 10.5 Å². The van der Waals surface area contributed by atoms with E-state index >= 15 is 0 Å². The quantitative estimate of drug-likeness (QED) is 0.457. The Bertz CT molecular complexity index is 1000. The fourth-order valence-corrected chi connectivity index (χ4v) is 2.61. The molecule has 5 N–H and O–H groups in total. The van der Waals surface area contributed by atoms with Crippen LogP contribution in [0.15, 0.2) is 53.3 Å². The van der Waals surface area contributed by atoms with E-state index < -0.39 is 17.5 Å². The largest absolute Gasteiger partial charge is 0.393 e. The zero-order valence-electron chi connectivity index (χ0n) is 13.6. The van der Waals surface area contributed by atoms with Gasteiger partial charge in [0.05, 0.1) is 11.3 Å². The number of rotatable bonds is 5. The number of nitrogens with one attached hydrogen (secondary N) is 3. The van der Waals surface area contributed by atoms with Gasteiger partial charge in [-0.25, -0.2) is 18.7 Å². The standard InChI is InChI=1S/C17H13BrF2N6O/c18-11-4-2-1-3-10(11)17(27)26-25-16-14(21)15(22-8-23-16)24-13-7-9(19)5-6-12(13)20/h1-8H,21H2,(H,26,27)(H2,22,23,24,25). The molecular weight excluding hydrogens is 422 g/mol. The summed E-state index contributed by atoms with van der Waals surface area (Å²) in [6.07, 6.45) is 1.16. The molecule has 1 amide bonds. The SMILES string of the molecule is Nc1c(NNC(=O)c2ccccc2Br)ncnc1Nc1cc(F)ccc1F. The van der Waals surface area contributed by atoms with Gasteiger partial charge in [0.15, 0.2) is 11.6 Å². The Balaban J connectivity index is 1.76. The Kier molecular flexibility index (Phi) is 5.46. The number of nitrogens with zero attached hydrogens (tertiary/aromatic N) is 2. The summed E-state index contributed by atoms with van der Waals surface area (Å²) >= 11 is 3.28. The molecule has 3 aromatic rings. The van der Waals surface area contributed by atoms with Crippen LogP contribution in [-0.4, -0.2) is 15.9 Å². The molecule has 0 unspecified atom stereocenters. The van der Waals surface area contributed by atoms with Gasteiger partial charge in [-0.15, -0.1) is 0 Å². The maximum absolute atomic E-state index is 13.8. The number of hydrogen-bond acceptors (Lipinski definition) is 6. The Labute approximate surface area is 161 Å². The van der Waals surface area contributed by atoms with Crippen molar-refractivity contribution >= 4 is 44.8 Å². The molecule has 2 aromatic carbocycles. The molecule has 1 aromatic heterocycles. The summed E-state index contributed by atoms with van der Waals surface area (Å²) in [6.45, 7) is 0. The molecule has 0 aliphatic carbocycles. The van der Waals surface area contributed by atoms with E-state index in [0.29, 0.717) is 10.0 Å². The molecule has 0 aliphatic rings. The summed E-state index contributed by atoms with van der Waals surface area (Å²) in [5.41, 5.74) is 11.3. The number of hydrazine groups is 1. The number of carbonyl (C=O) groups excluding carboxylic acids is 1. The minimum atomic E-state index is -0.675. The van der Waals surface area contributed by atoms with Gasteiger partial charge < -0.3 is 11.1 Å². The summed E-state index contributed by atoms with van der Waals surface area (Å²) < 4.78 is 27.7. The topological polar surface area (TPSA) is 105 Å². The van der Waals surface area contributed by atoms with Crippen molar-refractivity contribution in [2.45, 2.75) is 0 Å². The van der Waals surface area contributed by atoms with Crippen LogP contribution in [0.25, 0.3) is 0 Å². The predicted molar refractivity (Wildman–Crippen MR) is 101 cm³/mol. The fourth-order valence-electron chi connectivity index (χ4n) is 2.14. The van der Waals surface area contributed by atoms with Gasteiger partial charge in [0.2, 0.25) is 0 Å². The highest BCUT2D eigenvalue weighted by Gasteiger charge is 2.13. The monoisotopic (exact) mass is 434 g/mol. The van der Waals surface area contributed by atoms with E-state index in [9.17, 15) is 13.6 Å². The first kappa shape index (κ1) is 18.5. The molecule has 0 spiro atoms. The smallest absolute Gasteiger partial charge is 0.270 e. The minimum absolute atomic E-state index is 0.00795. The third kappa shape index (κ3) is 4.29. The van der Waals surface area contributed by atoms with Crippen LogP contribution in [0.5, 0.6) is 0 Å². The third-order valence-electron chi connectivity index (χ3n) is 3.48. The van der Waals surface area contributed by atoms with Gasteiger partial charge in [-0.05, 0) is 40.2 Å². The zero-order chi connectivity index (χ0) is 19.4. The number of nitrogen functional groups attached to an aromatic ring is 1. The molecule has 1 heterocycles. The maximum atomic E-state index is 13.8. The number of amides is 1. The first-order valence-electron chi connectivity index (χ1n) is 7.59. The van der Waals surface area contributed by atoms with E-state index in [1.165, 1.54) is 0 Å². The lowest BCUT2D eigenvalue weighted by Crippen LogP contribution is -2.30. The Morgan fingerprint density at radius 1 is 1.07 bits per heavy atom. The predicted octanol–water partition coefficient (Wildman–Crippen LogP) is 3.60. The summed E-state index contributed by atoms with van der Waals surface area (Å²) in [6, 6.07) is 9.79. The molecular formula is C17H13BrF2N6O. The molecule has 0 fully saturated rings. The fraction of sp³-hybridized carbons (Fsp3) is 0. The number of hydrogen-bond donors (Lipinski definition) is 4. The van der Waals surface area contributed by atoms with Crippen LogP contribution < -0.4 is 21.9 Å². The lowest BCUT2D eigenvalue weighted by Gasteiger charge is -2.14. The van der Waals surface area contributed by atoms with Crippen molar-refractivity contribution in [2.75, 3.05) is 16.5 Å². The number of anilines is 4. The second kappa shape index (κ2) is 7.96. The minimum Gasteiger partial charge on any atom is -0.393 e. The second-order valence-electron chi connectivity index (χ2n) is 5.29. The molecule has 7 nitrogen and oxygen atoms in total. The highest BCUT2D eigenvalue weighted by atomic mass is 79.9. The van der Waals surface area contributed by atoms with Crippen LogP contribution in [0.3, 0.4) is 0 Å². The molecule has 0 atom stereocenters. The lowest BCUT2D eigenvalue weighted by atomic mass is 10.2. The van der Waals surface area contributed by atoms with E-state index in [1.807, 2.05) is 0 Å². The zero-order valence-corrected chi connectivity index (χ0v) is 15.2. The molecule has 138 valence electrons. The molecule has 0 radical (unpaired) electrons. The third-order valence-corrected chi connectivity index (χ3v) is 4.17. The van der Waals surface area contributed by atoms with Crippen LogP contribution in [0, 0.1) is 11.6 Å². The normalized spacial score (nSPS) is 10.3. The Hall–Kier alpha value is -3.27. The molecule has 10 heteroatoms. The number of aromatic nitrogens is 2. The van der Waals surface area contributed by atoms with Crippen LogP contribution in [-0.2, 0) is 0 Å². The molecule has 0 saturated carbocycles. The average Bonchev–Trinajstić information content (AvgIpc) is 2.65. The number of nitrogens with two attached hydrogens (primary N) is 1. The maximum Gasteiger partial charge on any atom is 0.270 e. The summed E-state index contributed by atoms with van der Waals surface area (Å²) in [5, 5.41) is 2.60. The summed E-state index contributed by atoms with van der Waals surface area (Å²) in [4.78, 5) is 20.0. The highest BCUT2D eigenvalue weighted by Crippen LogP contribution is 2.27. The van der Waals surface area contributed by atoms with Crippen molar-refractivity contribution in [2.24, 2.45) is 0 Å². The van der Waals surface area contributed by atoms with Gasteiger partial charge in [0.1, 0.15) is 23.6 Å². The van der Waals surface area contributed by atoms with Crippen LogP contribution in [0.1, 0.15) is 10.4 Å². The van der Waals surface area contributed by atoms with Crippen LogP contribution in [0.2, 0.25) is 0 Å². The van der Waals surface area contributed by atoms with E-state index in [-0.39, 0.29) is 23.0 Å². The summed E-state index contributed by atoms with van der Waals surface area (Å²) in [7, 11) is 0. The van der Waals surface area contributed by atoms with E-state index in [2.05, 4.69) is 42.1 Å². The van der Waals surface area contributed by atoms with E-state index in [4.69, 9.17) is 5.73 Å². The van der Waals surface area contributed by atoms with Crippen molar-refractivity contribution in [1.82, 2.24) is 15.4 Å². The molecule has 27 heavy (non-hydrogen) atoms. The molecule has 3 rings (SSSR count). The Morgan fingerprint density at radius 2 is 1.81 bits per heavy atom. The van der Waals surface area contributed by atoms with Crippen molar-refractivity contribution in [1.29, 1.82) is 0 Å². The highest BCUT2D eigenvalue weighted by molar-refractivity contribution is 9.10. The second-order valence-corrected chi connectivity index (χ2v) is 6.15. The van der Waals surface area contributed by atoms with Gasteiger partial charge in [0.25, 0.3) is 5.91 Å². The van der Waals surface area contributed by atoms with Crippen LogP contribution in [0.4, 0.5) is 31.8 Å². The van der Waals surface area contributed by atoms with Crippen molar-refractivity contribution in [3.05, 3.63) is 70.5 Å². The number of carbonyl (C=O) groups is 1. The number of benzene rings is 2. The lowest BCUT2D eigenvalue weighted by molar-refractivity contribution is 0.0961. The Morgan fingerprint density at radius 3 is 2.59 bits per heavy atom. The van der Waals surface area contributed by atoms with Gasteiger partial charge >= 0.3 is 0 Å². The van der Waals surface area contributed by atoms with Crippen molar-refractivity contribution < 1.29 is 13.6 Å². The van der Waals surface area contributed by atoms with Gasteiger partial charge in [-0.2, -0.15) is 0 Å². The van der Waals surface area contributed by atoms with E-state index in [1.54, 1.807) is 24.3 Å². The van der Waals surface area contributed by atoms with Crippen molar-refractivity contribution in [3.8, 4) is 0 Å². The summed E-state index contributed by atoms with van der Waals surface area (Å²) in [5.74, 6) is -1.58. The van der Waals surface area contributed by atoms with Gasteiger partial charge in [-0.3, -0.25) is 15.6 Å². The first-order valence-corrected chi connectivity index (χ1v) is 8.38. The van der Waals surface area contributed by atoms with Crippen molar-refractivity contribution in [3.63, 3.8) is 0 Å². The molecule has 0 bridgehead atoms. The first-order chi connectivity index (χ1) is 13.0. The van der Waals surface area contributed by atoms with E-state index in [0.717, 1.165) is 24.5 Å². The van der Waals surface area contributed by atoms with Gasteiger partial charge in [-0.1, -0.05) is 12.1 Å². The molecule has 0 aliphatic heterocycles. The molecule has 0 saturated heterocycles.